The first-order valence-electron chi connectivity index (χ1n) is 8.59. The largest absolute Gasteiger partial charge is 0.425 e. The van der Waals surface area contributed by atoms with Gasteiger partial charge in [-0.05, 0) is 30.5 Å². The molecule has 25 heavy (non-hydrogen) atoms. The summed E-state index contributed by atoms with van der Waals surface area (Å²) in [6.07, 6.45) is 5.03. The number of carbonyl (C=O) groups excluding carboxylic acids is 1. The number of nitrogens with zero attached hydrogens (tertiary/aromatic N) is 3. The van der Waals surface area contributed by atoms with Crippen LogP contribution >= 0.6 is 11.6 Å². The quantitative estimate of drug-likeness (QED) is 0.765. The van der Waals surface area contributed by atoms with Crippen LogP contribution in [0.15, 0.2) is 34.8 Å². The molecule has 1 aromatic carbocycles. The van der Waals surface area contributed by atoms with Crippen LogP contribution < -0.4 is 0 Å². The van der Waals surface area contributed by atoms with E-state index in [9.17, 15) is 4.79 Å². The number of carbonyl (C=O) groups is 1. The minimum Gasteiger partial charge on any atom is -0.425 e. The summed E-state index contributed by atoms with van der Waals surface area (Å²) < 4.78 is 5.74. The average molecular weight is 360 g/mol. The second kappa shape index (κ2) is 7.83. The van der Waals surface area contributed by atoms with Crippen LogP contribution in [0, 0.1) is 0 Å². The Morgan fingerprint density at radius 2 is 2.00 bits per heavy atom. The molecule has 0 bridgehead atoms. The summed E-state index contributed by atoms with van der Waals surface area (Å²) in [6.45, 7) is 5.44. The maximum Gasteiger partial charge on any atom is 0.246 e. The molecule has 1 aliphatic heterocycles. The predicted molar refractivity (Wildman–Crippen MR) is 97.4 cm³/mol. The van der Waals surface area contributed by atoms with Gasteiger partial charge in [-0.3, -0.25) is 4.79 Å². The molecule has 0 unspecified atom stereocenters. The Bertz CT molecular complexity index is 762. The van der Waals surface area contributed by atoms with E-state index in [1.807, 2.05) is 43.0 Å². The molecule has 0 radical (unpaired) electrons. The van der Waals surface area contributed by atoms with Crippen molar-refractivity contribution in [3.05, 3.63) is 52.7 Å². The van der Waals surface area contributed by atoms with E-state index in [2.05, 4.69) is 10.2 Å². The number of rotatable bonds is 4. The smallest absolute Gasteiger partial charge is 0.246 e. The lowest BCUT2D eigenvalue weighted by Crippen LogP contribution is -2.36. The van der Waals surface area contributed by atoms with Gasteiger partial charge in [0.05, 0.1) is 0 Å². The number of hydrogen-bond acceptors (Lipinski definition) is 4. The normalized spacial score (nSPS) is 16.1. The Morgan fingerprint density at radius 1 is 1.28 bits per heavy atom. The van der Waals surface area contributed by atoms with Crippen LogP contribution in [0.1, 0.15) is 55.9 Å². The minimum absolute atomic E-state index is 0.00627. The highest BCUT2D eigenvalue weighted by Crippen LogP contribution is 2.28. The number of likely N-dealkylation sites (tertiary alicyclic amines) is 1. The SMILES string of the molecule is CC(C)c1nnc(C2CCN(C(=O)C=Cc3ccccc3Cl)CC2)o1. The minimum atomic E-state index is 0.00627. The van der Waals surface area contributed by atoms with Crippen molar-refractivity contribution in [3.63, 3.8) is 0 Å². The molecule has 3 rings (SSSR count). The van der Waals surface area contributed by atoms with Gasteiger partial charge in [0.1, 0.15) is 0 Å². The van der Waals surface area contributed by atoms with Gasteiger partial charge in [0, 0.05) is 36.0 Å². The summed E-state index contributed by atoms with van der Waals surface area (Å²) in [5, 5.41) is 8.90. The van der Waals surface area contributed by atoms with E-state index in [1.54, 1.807) is 12.2 Å². The number of aromatic nitrogens is 2. The third-order valence-electron chi connectivity index (χ3n) is 4.42. The third-order valence-corrected chi connectivity index (χ3v) is 4.76. The fourth-order valence-corrected chi connectivity index (χ4v) is 3.07. The predicted octanol–water partition coefficient (Wildman–Crippen LogP) is 4.27. The molecule has 0 saturated carbocycles. The molecule has 6 heteroatoms. The number of benzene rings is 1. The molecule has 0 aliphatic carbocycles. The van der Waals surface area contributed by atoms with E-state index in [1.165, 1.54) is 0 Å². The van der Waals surface area contributed by atoms with Gasteiger partial charge < -0.3 is 9.32 Å². The van der Waals surface area contributed by atoms with Crippen molar-refractivity contribution in [1.29, 1.82) is 0 Å². The van der Waals surface area contributed by atoms with Crippen LogP contribution in [-0.4, -0.2) is 34.1 Å². The van der Waals surface area contributed by atoms with Gasteiger partial charge in [-0.2, -0.15) is 0 Å². The van der Waals surface area contributed by atoms with Gasteiger partial charge in [0.2, 0.25) is 17.7 Å². The zero-order valence-corrected chi connectivity index (χ0v) is 15.2. The van der Waals surface area contributed by atoms with E-state index in [4.69, 9.17) is 16.0 Å². The molecular formula is C19H22ClN3O2. The topological polar surface area (TPSA) is 59.2 Å². The van der Waals surface area contributed by atoms with Crippen LogP contribution in [0.4, 0.5) is 0 Å². The second-order valence-electron chi connectivity index (χ2n) is 6.59. The molecular weight excluding hydrogens is 338 g/mol. The van der Waals surface area contributed by atoms with Crippen LogP contribution in [0.5, 0.6) is 0 Å². The summed E-state index contributed by atoms with van der Waals surface area (Å²) >= 11 is 6.11. The van der Waals surface area contributed by atoms with E-state index in [-0.39, 0.29) is 17.7 Å². The molecule has 1 aliphatic rings. The van der Waals surface area contributed by atoms with E-state index >= 15 is 0 Å². The molecule has 0 N–H and O–H groups in total. The zero-order valence-electron chi connectivity index (χ0n) is 14.5. The van der Waals surface area contributed by atoms with Crippen LogP contribution in [0.25, 0.3) is 6.08 Å². The van der Waals surface area contributed by atoms with Gasteiger partial charge in [-0.1, -0.05) is 43.6 Å². The maximum atomic E-state index is 12.4. The van der Waals surface area contributed by atoms with Crippen molar-refractivity contribution < 1.29 is 9.21 Å². The lowest BCUT2D eigenvalue weighted by molar-refractivity contribution is -0.127. The first kappa shape index (κ1) is 17.7. The van der Waals surface area contributed by atoms with Crippen molar-refractivity contribution in [3.8, 4) is 0 Å². The first-order chi connectivity index (χ1) is 12.0. The summed E-state index contributed by atoms with van der Waals surface area (Å²) in [7, 11) is 0. The average Bonchev–Trinajstić information content (AvgIpc) is 3.11. The fourth-order valence-electron chi connectivity index (χ4n) is 2.87. The van der Waals surface area contributed by atoms with Crippen molar-refractivity contribution >= 4 is 23.6 Å². The van der Waals surface area contributed by atoms with E-state index in [0.29, 0.717) is 29.9 Å². The molecule has 1 aromatic heterocycles. The molecule has 5 nitrogen and oxygen atoms in total. The first-order valence-corrected chi connectivity index (χ1v) is 8.97. The third kappa shape index (κ3) is 4.28. The van der Waals surface area contributed by atoms with Crippen molar-refractivity contribution in [2.75, 3.05) is 13.1 Å². The van der Waals surface area contributed by atoms with Crippen LogP contribution in [0.2, 0.25) is 5.02 Å². The van der Waals surface area contributed by atoms with E-state index < -0.39 is 0 Å². The Balaban J connectivity index is 1.56. The molecule has 0 spiro atoms. The molecule has 1 fully saturated rings. The summed E-state index contributed by atoms with van der Waals surface area (Å²) in [5.74, 6) is 1.85. The maximum absolute atomic E-state index is 12.4. The Morgan fingerprint density at radius 3 is 2.64 bits per heavy atom. The highest BCUT2D eigenvalue weighted by atomic mass is 35.5. The van der Waals surface area contributed by atoms with Gasteiger partial charge >= 0.3 is 0 Å². The lowest BCUT2D eigenvalue weighted by atomic mass is 9.97. The lowest BCUT2D eigenvalue weighted by Gasteiger charge is -2.29. The molecule has 2 heterocycles. The summed E-state index contributed by atoms with van der Waals surface area (Å²) in [4.78, 5) is 14.2. The van der Waals surface area contributed by atoms with Crippen molar-refractivity contribution in [2.24, 2.45) is 0 Å². The highest BCUT2D eigenvalue weighted by Gasteiger charge is 2.26. The number of amides is 1. The van der Waals surface area contributed by atoms with E-state index in [0.717, 1.165) is 18.4 Å². The monoisotopic (exact) mass is 359 g/mol. The number of hydrogen-bond donors (Lipinski definition) is 0. The molecule has 1 amide bonds. The highest BCUT2D eigenvalue weighted by molar-refractivity contribution is 6.32. The Hall–Kier alpha value is -2.14. The fraction of sp³-hybridized carbons (Fsp3) is 0.421. The zero-order chi connectivity index (χ0) is 17.8. The summed E-state index contributed by atoms with van der Waals surface area (Å²) in [5.41, 5.74) is 0.847. The van der Waals surface area contributed by atoms with Gasteiger partial charge in [-0.15, -0.1) is 10.2 Å². The molecule has 0 atom stereocenters. The number of piperidine rings is 1. The molecule has 2 aromatic rings. The second-order valence-corrected chi connectivity index (χ2v) is 6.99. The van der Waals surface area contributed by atoms with Gasteiger partial charge in [-0.25, -0.2) is 0 Å². The van der Waals surface area contributed by atoms with Crippen LogP contribution in [0.3, 0.4) is 0 Å². The van der Waals surface area contributed by atoms with Crippen molar-refractivity contribution in [1.82, 2.24) is 15.1 Å². The van der Waals surface area contributed by atoms with Crippen molar-refractivity contribution in [2.45, 2.75) is 38.5 Å². The number of halogens is 1. The Kier molecular flexibility index (Phi) is 5.53. The molecule has 132 valence electrons. The molecule has 1 saturated heterocycles. The van der Waals surface area contributed by atoms with Crippen LogP contribution in [-0.2, 0) is 4.79 Å². The summed E-state index contributed by atoms with van der Waals surface area (Å²) in [6, 6.07) is 7.47. The van der Waals surface area contributed by atoms with Gasteiger partial charge in [0.25, 0.3) is 0 Å². The Labute approximate surface area is 152 Å². The van der Waals surface area contributed by atoms with Gasteiger partial charge in [0.15, 0.2) is 0 Å². The standard InChI is InChI=1S/C19H22ClN3O2/c1-13(2)18-21-22-19(25-18)15-9-11-23(12-10-15)17(24)8-7-14-5-3-4-6-16(14)20/h3-8,13,15H,9-12H2,1-2H3.